The third kappa shape index (κ3) is 2.36. The molecule has 0 aliphatic carbocycles. The van der Waals surface area contributed by atoms with Crippen LogP contribution < -0.4 is 9.47 Å². The van der Waals surface area contributed by atoms with Gasteiger partial charge in [0.25, 0.3) is 5.91 Å². The van der Waals surface area contributed by atoms with Gasteiger partial charge in [0.05, 0.1) is 11.1 Å². The van der Waals surface area contributed by atoms with Crippen LogP contribution in [0.3, 0.4) is 0 Å². The summed E-state index contributed by atoms with van der Waals surface area (Å²) < 4.78 is 11.1. The van der Waals surface area contributed by atoms with Crippen LogP contribution in [0.15, 0.2) is 36.4 Å². The summed E-state index contributed by atoms with van der Waals surface area (Å²) >= 11 is 0. The van der Waals surface area contributed by atoms with E-state index >= 15 is 0 Å². The quantitative estimate of drug-likeness (QED) is 0.845. The van der Waals surface area contributed by atoms with Gasteiger partial charge in [-0.15, -0.1) is 0 Å². The summed E-state index contributed by atoms with van der Waals surface area (Å²) in [4.78, 5) is 14.3. The van der Waals surface area contributed by atoms with Crippen LogP contribution in [0, 0.1) is 0 Å². The molecule has 5 nitrogen and oxygen atoms in total. The van der Waals surface area contributed by atoms with E-state index in [1.807, 2.05) is 24.3 Å². The zero-order valence-corrected chi connectivity index (χ0v) is 16.5. The molecule has 0 aromatic heterocycles. The molecule has 2 aromatic rings. The molecule has 0 spiro atoms. The maximum Gasteiger partial charge on any atom is 0.256 e. The van der Waals surface area contributed by atoms with Crippen LogP contribution in [0.1, 0.15) is 27.0 Å². The second kappa shape index (κ2) is 5.59. The molecular weight excluding hydrogens is 346 g/mol. The van der Waals surface area contributed by atoms with Crippen LogP contribution >= 0.6 is 0 Å². The molecule has 1 amide bonds. The molecule has 2 aliphatic heterocycles. The zero-order valence-electron chi connectivity index (χ0n) is 15.5. The van der Waals surface area contributed by atoms with Crippen LogP contribution in [0.2, 0.25) is 19.6 Å². The lowest BCUT2D eigenvalue weighted by Crippen LogP contribution is -2.43. The normalized spacial score (nSPS) is 21.3. The van der Waals surface area contributed by atoms with E-state index in [-0.39, 0.29) is 12.7 Å². The molecule has 0 bridgehead atoms. The van der Waals surface area contributed by atoms with Crippen molar-refractivity contribution in [3.63, 3.8) is 0 Å². The summed E-state index contributed by atoms with van der Waals surface area (Å²) in [5.41, 5.74) is 1.19. The zero-order chi connectivity index (χ0) is 18.7. The largest absolute Gasteiger partial charge is 0.454 e. The molecule has 1 N–H and O–H groups in total. The summed E-state index contributed by atoms with van der Waals surface area (Å²) in [5, 5.41) is 11.9. The second-order valence-corrected chi connectivity index (χ2v) is 13.6. The Morgan fingerprint density at radius 2 is 1.88 bits per heavy atom. The van der Waals surface area contributed by atoms with E-state index in [1.165, 1.54) is 4.90 Å². The molecular formula is C20H23NO4Si. The van der Waals surface area contributed by atoms with Crippen molar-refractivity contribution in [2.75, 3.05) is 13.8 Å². The van der Waals surface area contributed by atoms with E-state index in [0.717, 1.165) is 17.2 Å². The predicted molar refractivity (Wildman–Crippen MR) is 101 cm³/mol. The minimum atomic E-state index is -1.57. The summed E-state index contributed by atoms with van der Waals surface area (Å²) in [5.74, 6) is 0.807. The highest BCUT2D eigenvalue weighted by atomic mass is 28.3. The number of hydrogen-bond acceptors (Lipinski definition) is 4. The summed E-state index contributed by atoms with van der Waals surface area (Å²) in [7, 11) is 0.200. The molecule has 0 fully saturated rings. The fourth-order valence-corrected chi connectivity index (χ4v) is 5.34. The number of nitrogens with zero attached hydrogens (tertiary/aromatic N) is 1. The number of amides is 1. The van der Waals surface area contributed by atoms with Crippen molar-refractivity contribution in [1.29, 1.82) is 0 Å². The van der Waals surface area contributed by atoms with Crippen molar-refractivity contribution in [2.45, 2.75) is 31.4 Å². The first kappa shape index (κ1) is 17.1. The minimum absolute atomic E-state index is 0.0936. The first-order valence-corrected chi connectivity index (χ1v) is 12.5. The molecule has 26 heavy (non-hydrogen) atoms. The first-order chi connectivity index (χ1) is 12.2. The highest BCUT2D eigenvalue weighted by molar-refractivity contribution is 6.75. The topological polar surface area (TPSA) is 59.0 Å². The Morgan fingerprint density at radius 1 is 1.15 bits per heavy atom. The van der Waals surface area contributed by atoms with E-state index in [0.29, 0.717) is 22.6 Å². The molecule has 6 heteroatoms. The molecule has 2 aliphatic rings. The lowest BCUT2D eigenvalue weighted by atomic mass is 9.90. The molecule has 2 heterocycles. The number of hydrogen-bond donors (Lipinski definition) is 1. The van der Waals surface area contributed by atoms with Crippen LogP contribution in [0.4, 0.5) is 0 Å². The Balaban J connectivity index is 1.97. The molecule has 0 radical (unpaired) electrons. The number of carbonyl (C=O) groups is 1. The van der Waals surface area contributed by atoms with Gasteiger partial charge in [-0.1, -0.05) is 43.9 Å². The van der Waals surface area contributed by atoms with Gasteiger partial charge in [0.15, 0.2) is 17.2 Å². The van der Waals surface area contributed by atoms with Crippen LogP contribution in [-0.2, 0) is 11.8 Å². The number of benzene rings is 2. The molecule has 1 atom stereocenters. The van der Waals surface area contributed by atoms with Crippen molar-refractivity contribution in [2.24, 2.45) is 0 Å². The Kier molecular flexibility index (Phi) is 3.68. The average Bonchev–Trinajstić information content (AvgIpc) is 3.12. The standard InChI is InChI=1S/C20H23NO4Si/c1-21-19(22)14-9-10-16-18(25-12-24-16)17(14)20(21,23)15-8-6-5-7-13(15)11-26(2,3)4/h5-10,23H,11-12H2,1-4H3. The van der Waals surface area contributed by atoms with E-state index < -0.39 is 13.8 Å². The molecule has 136 valence electrons. The van der Waals surface area contributed by atoms with Gasteiger partial charge in [0.1, 0.15) is 0 Å². The van der Waals surface area contributed by atoms with Crippen LogP contribution in [0.25, 0.3) is 0 Å². The number of aliphatic hydroxyl groups is 1. The van der Waals surface area contributed by atoms with E-state index in [1.54, 1.807) is 19.2 Å². The van der Waals surface area contributed by atoms with Gasteiger partial charge in [0.2, 0.25) is 6.79 Å². The third-order valence-corrected chi connectivity index (χ3v) is 6.46. The van der Waals surface area contributed by atoms with Gasteiger partial charge in [-0.05, 0) is 23.7 Å². The first-order valence-electron chi connectivity index (χ1n) is 8.75. The lowest BCUT2D eigenvalue weighted by Gasteiger charge is -2.34. The van der Waals surface area contributed by atoms with Crippen molar-refractivity contribution in [3.05, 3.63) is 58.7 Å². The summed E-state index contributed by atoms with van der Waals surface area (Å²) in [6.45, 7) is 6.97. The SMILES string of the molecule is CN1C(=O)c2ccc3c(c2C1(O)c1ccccc1C[Si](C)(C)C)OCO3. The van der Waals surface area contributed by atoms with Crippen LogP contribution in [-0.4, -0.2) is 37.8 Å². The van der Waals surface area contributed by atoms with Gasteiger partial charge in [0, 0.05) is 20.7 Å². The van der Waals surface area contributed by atoms with Crippen molar-refractivity contribution >= 4 is 14.0 Å². The van der Waals surface area contributed by atoms with Crippen molar-refractivity contribution in [1.82, 2.24) is 4.90 Å². The van der Waals surface area contributed by atoms with Gasteiger partial charge < -0.3 is 19.5 Å². The predicted octanol–water partition coefficient (Wildman–Crippen LogP) is 3.11. The second-order valence-electron chi connectivity index (χ2n) is 8.15. The fourth-order valence-electron chi connectivity index (χ4n) is 3.89. The maximum atomic E-state index is 12.9. The summed E-state index contributed by atoms with van der Waals surface area (Å²) in [6, 6.07) is 12.2. The smallest absolute Gasteiger partial charge is 0.256 e. The molecule has 1 unspecified atom stereocenters. The van der Waals surface area contributed by atoms with Crippen molar-refractivity contribution in [3.8, 4) is 11.5 Å². The molecule has 0 saturated carbocycles. The van der Waals surface area contributed by atoms with E-state index in [4.69, 9.17) is 9.47 Å². The Hall–Kier alpha value is -2.31. The third-order valence-electron chi connectivity index (χ3n) is 5.02. The number of carbonyl (C=O) groups excluding carboxylic acids is 1. The minimum Gasteiger partial charge on any atom is -0.454 e. The monoisotopic (exact) mass is 369 g/mol. The average molecular weight is 369 g/mol. The lowest BCUT2D eigenvalue weighted by molar-refractivity contribution is -0.0387. The van der Waals surface area contributed by atoms with E-state index in [9.17, 15) is 9.90 Å². The number of ether oxygens (including phenoxy) is 2. The van der Waals surface area contributed by atoms with Gasteiger partial charge in [-0.3, -0.25) is 4.79 Å². The summed E-state index contributed by atoms with van der Waals surface area (Å²) in [6.07, 6.45) is 0. The van der Waals surface area contributed by atoms with E-state index in [2.05, 4.69) is 19.6 Å². The van der Waals surface area contributed by atoms with Crippen molar-refractivity contribution < 1.29 is 19.4 Å². The maximum absolute atomic E-state index is 12.9. The number of fused-ring (bicyclic) bond motifs is 3. The molecule has 4 rings (SSSR count). The van der Waals surface area contributed by atoms with Gasteiger partial charge >= 0.3 is 0 Å². The Labute approximate surface area is 154 Å². The Bertz CT molecular complexity index is 905. The highest BCUT2D eigenvalue weighted by Gasteiger charge is 2.52. The van der Waals surface area contributed by atoms with Gasteiger partial charge in [-0.25, -0.2) is 0 Å². The Morgan fingerprint density at radius 3 is 2.62 bits per heavy atom. The van der Waals surface area contributed by atoms with Crippen LogP contribution in [0.5, 0.6) is 11.5 Å². The van der Waals surface area contributed by atoms with Gasteiger partial charge in [-0.2, -0.15) is 0 Å². The molecule has 0 saturated heterocycles. The molecule has 2 aromatic carbocycles. The fraction of sp³-hybridized carbons (Fsp3) is 0.350. The highest BCUT2D eigenvalue weighted by Crippen LogP contribution is 2.51. The number of rotatable bonds is 3.